The van der Waals surface area contributed by atoms with Gasteiger partial charge in [0.25, 0.3) is 0 Å². The van der Waals surface area contributed by atoms with Crippen LogP contribution in [-0.2, 0) is 14.3 Å². The number of ketones is 1. The fourth-order valence-electron chi connectivity index (χ4n) is 1.54. The predicted molar refractivity (Wildman–Crippen MR) is 177 cm³/mol. The van der Waals surface area contributed by atoms with E-state index in [1.54, 1.807) is 28.4 Å². The summed E-state index contributed by atoms with van der Waals surface area (Å²) in [4.78, 5) is 9.44. The quantitative estimate of drug-likeness (QED) is 0.223. The van der Waals surface area contributed by atoms with E-state index < -0.39 is 0 Å². The number of methoxy groups -OCH3 is 2. The van der Waals surface area contributed by atoms with Gasteiger partial charge >= 0.3 is 0 Å². The van der Waals surface area contributed by atoms with Crippen molar-refractivity contribution in [3.8, 4) is 0 Å². The van der Waals surface area contributed by atoms with Crippen LogP contribution in [0.4, 0.5) is 0 Å². The number of hydrogen-bond donors (Lipinski definition) is 0. The van der Waals surface area contributed by atoms with Gasteiger partial charge in [0.15, 0.2) is 0 Å². The van der Waals surface area contributed by atoms with Gasteiger partial charge in [-0.2, -0.15) is 0 Å². The Balaban J connectivity index is -0.0000000807. The summed E-state index contributed by atoms with van der Waals surface area (Å²) in [5, 5.41) is 0. The van der Waals surface area contributed by atoms with Crippen LogP contribution in [0.1, 0.15) is 49.0 Å². The lowest BCUT2D eigenvalue weighted by molar-refractivity contribution is -0.114. The molecule has 0 aliphatic carbocycles. The van der Waals surface area contributed by atoms with E-state index in [-0.39, 0.29) is 13.2 Å². The van der Waals surface area contributed by atoms with Crippen molar-refractivity contribution in [2.45, 2.75) is 49.0 Å². The maximum Gasteiger partial charge on any atom is 0.126 e. The molecule has 0 saturated carbocycles. The molecule has 0 heterocycles. The Hall–Kier alpha value is -3.53. The van der Waals surface area contributed by atoms with E-state index in [1.807, 2.05) is 173 Å². The van der Waals surface area contributed by atoms with Crippen molar-refractivity contribution in [1.29, 1.82) is 0 Å². The van der Waals surface area contributed by atoms with Gasteiger partial charge in [-0.1, -0.05) is 181 Å². The summed E-state index contributed by atoms with van der Waals surface area (Å²) >= 11 is 0. The fourth-order valence-corrected chi connectivity index (χ4v) is 1.54. The maximum absolute atomic E-state index is 9.44. The van der Waals surface area contributed by atoms with E-state index >= 15 is 0 Å². The van der Waals surface area contributed by atoms with Crippen LogP contribution in [0, 0.1) is 0 Å². The second-order valence-corrected chi connectivity index (χ2v) is 6.34. The van der Waals surface area contributed by atoms with E-state index in [9.17, 15) is 4.79 Å². The van der Waals surface area contributed by atoms with Crippen molar-refractivity contribution in [2.24, 2.45) is 0 Å². The van der Waals surface area contributed by atoms with Gasteiger partial charge in [0.1, 0.15) is 5.78 Å². The second kappa shape index (κ2) is 59.5. The lowest BCUT2D eigenvalue weighted by Gasteiger charge is -1.69. The minimum absolute atomic E-state index is 0. The number of carbonyl (C=O) groups is 1. The molecule has 3 nitrogen and oxygen atoms in total. The van der Waals surface area contributed by atoms with Gasteiger partial charge in [0.2, 0.25) is 0 Å². The number of Topliss-reactive ketones (excluding diaryl/α,β-unsaturated/α-hetero) is 1. The van der Waals surface area contributed by atoms with Crippen LogP contribution in [-0.4, -0.2) is 34.2 Å². The molecule has 0 fully saturated rings. The van der Waals surface area contributed by atoms with Crippen molar-refractivity contribution in [2.75, 3.05) is 28.4 Å². The Kier molecular flexibility index (Phi) is 74.1. The van der Waals surface area contributed by atoms with Crippen molar-refractivity contribution >= 4 is 5.78 Å². The summed E-state index contributed by atoms with van der Waals surface area (Å²) in [6.07, 6.45) is 0. The molecule has 39 heavy (non-hydrogen) atoms. The van der Waals surface area contributed by atoms with Gasteiger partial charge in [-0.05, 0) is 13.8 Å². The zero-order chi connectivity index (χ0) is 30.0. The predicted octanol–water partition coefficient (Wildman–Crippen LogP) is 10.6. The number of rotatable bonds is 0. The summed E-state index contributed by atoms with van der Waals surface area (Å²) in [6, 6.07) is 48.0. The van der Waals surface area contributed by atoms with Crippen LogP contribution >= 0.6 is 0 Å². The van der Waals surface area contributed by atoms with Gasteiger partial charge in [-0.15, -0.1) is 0 Å². The molecule has 0 bridgehead atoms. The normalized spacial score (nSPS) is 6.82. The first-order valence-corrected chi connectivity index (χ1v) is 12.8. The molecule has 0 amide bonds. The highest BCUT2D eigenvalue weighted by Gasteiger charge is 1.62. The monoisotopic (exact) mass is 538 g/mol. The highest BCUT2D eigenvalue weighted by molar-refractivity contribution is 5.72. The van der Waals surface area contributed by atoms with Crippen molar-refractivity contribution < 1.29 is 14.3 Å². The Morgan fingerprint density at radius 3 is 0.385 bits per heavy atom. The highest BCUT2D eigenvalue weighted by atomic mass is 16.5. The SMILES string of the molecule is C.CC.CC.CC(C)=O.COC.COC.c1ccccc1.c1ccccc1.c1ccccc1.c1ccccc1. The van der Waals surface area contributed by atoms with Crippen molar-refractivity contribution in [1.82, 2.24) is 0 Å². The molecule has 4 aromatic rings. The van der Waals surface area contributed by atoms with Crippen LogP contribution in [0.15, 0.2) is 146 Å². The van der Waals surface area contributed by atoms with Gasteiger partial charge < -0.3 is 14.3 Å². The fraction of sp³-hybridized carbons (Fsp3) is 0.306. The minimum Gasteiger partial charge on any atom is -0.388 e. The average Bonchev–Trinajstić information content (AvgIpc) is 3.00. The summed E-state index contributed by atoms with van der Waals surface area (Å²) in [5.74, 6) is 0.167. The largest absolute Gasteiger partial charge is 0.388 e. The average molecular weight is 539 g/mol. The van der Waals surface area contributed by atoms with Crippen LogP contribution in [0.3, 0.4) is 0 Å². The smallest absolute Gasteiger partial charge is 0.126 e. The van der Waals surface area contributed by atoms with Crippen LogP contribution < -0.4 is 0 Å². The first kappa shape index (κ1) is 48.5. The number of carbonyl (C=O) groups excluding carboxylic acids is 1. The molecule has 0 spiro atoms. The van der Waals surface area contributed by atoms with Crippen molar-refractivity contribution in [3.63, 3.8) is 0 Å². The Morgan fingerprint density at radius 2 is 0.359 bits per heavy atom. The minimum atomic E-state index is 0. The molecule has 0 atom stereocenters. The highest BCUT2D eigenvalue weighted by Crippen LogP contribution is 1.81. The molecule has 0 aliphatic rings. The van der Waals surface area contributed by atoms with E-state index in [1.165, 1.54) is 13.8 Å². The third-order valence-corrected chi connectivity index (χ3v) is 2.67. The number of benzene rings is 4. The van der Waals surface area contributed by atoms with Gasteiger partial charge in [0.05, 0.1) is 0 Å². The zero-order valence-electron chi connectivity index (χ0n) is 25.6. The molecule has 0 radical (unpaired) electrons. The first-order chi connectivity index (χ1) is 18.6. The molecular formula is C36H58O3. The van der Waals surface area contributed by atoms with Crippen LogP contribution in [0.5, 0.6) is 0 Å². The zero-order valence-corrected chi connectivity index (χ0v) is 25.6. The van der Waals surface area contributed by atoms with Gasteiger partial charge in [0, 0.05) is 28.4 Å². The van der Waals surface area contributed by atoms with E-state index in [4.69, 9.17) is 0 Å². The topological polar surface area (TPSA) is 35.5 Å². The molecule has 0 saturated heterocycles. The molecule has 0 aliphatic heterocycles. The summed E-state index contributed by atoms with van der Waals surface area (Å²) in [6.45, 7) is 11.1. The van der Waals surface area contributed by atoms with E-state index in [2.05, 4.69) is 9.47 Å². The number of ether oxygens (including phenoxy) is 2. The standard InChI is InChI=1S/4C6H6.C3H6O.2C2H6O.2C2H6.CH4/c4*1-2-4-6-5-3-1;1-3(2)4;2*1-3-2;2*1-2;/h4*1-6H;1-2H3;2*1-2H3;2*1-2H3;1H4. The summed E-state index contributed by atoms with van der Waals surface area (Å²) in [7, 11) is 6.50. The van der Waals surface area contributed by atoms with Crippen molar-refractivity contribution in [3.05, 3.63) is 146 Å². The lowest BCUT2D eigenvalue weighted by atomic mass is 10.4. The first-order valence-electron chi connectivity index (χ1n) is 12.8. The Bertz CT molecular complexity index is 539. The number of hydrogen-bond acceptors (Lipinski definition) is 3. The second-order valence-electron chi connectivity index (χ2n) is 6.34. The van der Waals surface area contributed by atoms with Crippen LogP contribution in [0.25, 0.3) is 0 Å². The third-order valence-electron chi connectivity index (χ3n) is 2.67. The van der Waals surface area contributed by atoms with Crippen LogP contribution in [0.2, 0.25) is 0 Å². The lowest BCUT2D eigenvalue weighted by Crippen LogP contribution is -1.69. The summed E-state index contributed by atoms with van der Waals surface area (Å²) < 4.78 is 8.50. The Labute approximate surface area is 242 Å². The molecule has 4 rings (SSSR count). The molecule has 0 aromatic heterocycles. The molecule has 0 N–H and O–H groups in total. The molecule has 0 unspecified atom stereocenters. The maximum atomic E-state index is 9.44. The Morgan fingerprint density at radius 1 is 0.333 bits per heavy atom. The van der Waals surface area contributed by atoms with Gasteiger partial charge in [-0.3, -0.25) is 0 Å². The summed E-state index contributed by atoms with van der Waals surface area (Å²) in [5.41, 5.74) is 0. The van der Waals surface area contributed by atoms with E-state index in [0.29, 0.717) is 0 Å². The van der Waals surface area contributed by atoms with Gasteiger partial charge in [-0.25, -0.2) is 0 Å². The molecule has 4 aromatic carbocycles. The third kappa shape index (κ3) is 86.7. The molecule has 220 valence electrons. The van der Waals surface area contributed by atoms with E-state index in [0.717, 1.165) is 0 Å². The molecular weight excluding hydrogens is 480 g/mol. The molecule has 3 heteroatoms.